The molecule has 1 atom stereocenters. The molecular weight excluding hydrogens is 252 g/mol. The lowest BCUT2D eigenvalue weighted by Gasteiger charge is -2.10. The Bertz CT molecular complexity index is 257. The van der Waals surface area contributed by atoms with Crippen molar-refractivity contribution < 1.29 is 14.6 Å². The van der Waals surface area contributed by atoms with Gasteiger partial charge in [-0.15, -0.1) is 0 Å². The standard InChI is InChI=1S/C13H26O.C4H6O2/c1-4-6-7-8-9-10-11-13(3)14-12-5-2;1-3(2)4(5)6/h5,12-13H,4,6-11H2,1-3H3;1H2,2H3,(H,5,6). The summed E-state index contributed by atoms with van der Waals surface area (Å²) in [5.41, 5.74) is 0.176. The van der Waals surface area contributed by atoms with Crippen LogP contribution in [0.4, 0.5) is 0 Å². The molecule has 0 saturated heterocycles. The van der Waals surface area contributed by atoms with E-state index in [2.05, 4.69) is 20.4 Å². The molecule has 0 heterocycles. The summed E-state index contributed by atoms with van der Waals surface area (Å²) in [6.45, 7) is 11.0. The Labute approximate surface area is 124 Å². The topological polar surface area (TPSA) is 46.5 Å². The van der Waals surface area contributed by atoms with Gasteiger partial charge in [-0.05, 0) is 33.6 Å². The summed E-state index contributed by atoms with van der Waals surface area (Å²) in [7, 11) is 0. The van der Waals surface area contributed by atoms with Gasteiger partial charge in [-0.3, -0.25) is 0 Å². The highest BCUT2D eigenvalue weighted by Gasteiger charge is 1.99. The number of carboxylic acid groups (broad SMARTS) is 1. The molecule has 118 valence electrons. The van der Waals surface area contributed by atoms with Crippen LogP contribution < -0.4 is 0 Å². The van der Waals surface area contributed by atoms with Crippen LogP contribution in [-0.4, -0.2) is 17.2 Å². The third kappa shape index (κ3) is 19.1. The Morgan fingerprint density at radius 3 is 2.20 bits per heavy atom. The van der Waals surface area contributed by atoms with Gasteiger partial charge in [0.05, 0.1) is 12.4 Å². The van der Waals surface area contributed by atoms with Crippen molar-refractivity contribution in [3.05, 3.63) is 24.5 Å². The zero-order valence-electron chi connectivity index (χ0n) is 13.7. The molecule has 0 aromatic rings. The smallest absolute Gasteiger partial charge is 0.330 e. The van der Waals surface area contributed by atoms with Gasteiger partial charge in [0, 0.05) is 5.57 Å². The Hall–Kier alpha value is -1.25. The number of hydrogen-bond acceptors (Lipinski definition) is 2. The van der Waals surface area contributed by atoms with Crippen LogP contribution >= 0.6 is 0 Å². The molecule has 0 aliphatic carbocycles. The molecule has 3 nitrogen and oxygen atoms in total. The summed E-state index contributed by atoms with van der Waals surface area (Å²) >= 11 is 0. The van der Waals surface area contributed by atoms with Crippen LogP contribution in [0.15, 0.2) is 24.5 Å². The lowest BCUT2D eigenvalue weighted by Crippen LogP contribution is -2.03. The van der Waals surface area contributed by atoms with Crippen molar-refractivity contribution in [2.24, 2.45) is 0 Å². The molecule has 0 saturated carbocycles. The van der Waals surface area contributed by atoms with Crippen molar-refractivity contribution in [2.45, 2.75) is 78.7 Å². The first-order valence-corrected chi connectivity index (χ1v) is 7.61. The van der Waals surface area contributed by atoms with Gasteiger partial charge in [-0.2, -0.15) is 0 Å². The number of rotatable bonds is 10. The third-order valence-corrected chi connectivity index (χ3v) is 2.78. The van der Waals surface area contributed by atoms with E-state index in [1.807, 2.05) is 13.0 Å². The fraction of sp³-hybridized carbons (Fsp3) is 0.706. The van der Waals surface area contributed by atoms with E-state index in [0.29, 0.717) is 6.10 Å². The first-order valence-electron chi connectivity index (χ1n) is 7.61. The van der Waals surface area contributed by atoms with Crippen molar-refractivity contribution in [1.82, 2.24) is 0 Å². The molecule has 1 unspecified atom stereocenters. The minimum Gasteiger partial charge on any atom is -0.499 e. The molecular formula is C17H32O3. The first-order chi connectivity index (χ1) is 9.45. The van der Waals surface area contributed by atoms with E-state index < -0.39 is 5.97 Å². The summed E-state index contributed by atoms with van der Waals surface area (Å²) in [5.74, 6) is -0.935. The molecule has 0 fully saturated rings. The Balaban J connectivity index is 0. The number of aliphatic carboxylic acids is 1. The van der Waals surface area contributed by atoms with Crippen LogP contribution in [0.5, 0.6) is 0 Å². The van der Waals surface area contributed by atoms with Gasteiger partial charge in [0.2, 0.25) is 0 Å². The quantitative estimate of drug-likeness (QED) is 0.335. The molecule has 0 amide bonds. The second-order valence-electron chi connectivity index (χ2n) is 5.06. The van der Waals surface area contributed by atoms with E-state index in [-0.39, 0.29) is 5.57 Å². The lowest BCUT2D eigenvalue weighted by atomic mass is 10.1. The van der Waals surface area contributed by atoms with Gasteiger partial charge in [0.1, 0.15) is 0 Å². The van der Waals surface area contributed by atoms with E-state index in [0.717, 1.165) is 0 Å². The molecule has 0 spiro atoms. The largest absolute Gasteiger partial charge is 0.499 e. The Morgan fingerprint density at radius 1 is 1.25 bits per heavy atom. The molecule has 3 heteroatoms. The minimum atomic E-state index is -0.935. The number of ether oxygens (including phenoxy) is 1. The van der Waals surface area contributed by atoms with Crippen molar-refractivity contribution in [1.29, 1.82) is 0 Å². The molecule has 20 heavy (non-hydrogen) atoms. The van der Waals surface area contributed by atoms with Crippen molar-refractivity contribution >= 4 is 5.97 Å². The molecule has 0 radical (unpaired) electrons. The van der Waals surface area contributed by atoms with E-state index in [4.69, 9.17) is 9.84 Å². The van der Waals surface area contributed by atoms with Gasteiger partial charge >= 0.3 is 5.97 Å². The van der Waals surface area contributed by atoms with Crippen LogP contribution in [0, 0.1) is 0 Å². The van der Waals surface area contributed by atoms with Crippen LogP contribution in [0.1, 0.15) is 72.6 Å². The van der Waals surface area contributed by atoms with Crippen molar-refractivity contribution in [3.63, 3.8) is 0 Å². The predicted molar refractivity (Wildman–Crippen MR) is 85.8 cm³/mol. The third-order valence-electron chi connectivity index (χ3n) is 2.78. The zero-order valence-corrected chi connectivity index (χ0v) is 13.7. The molecule has 0 bridgehead atoms. The summed E-state index contributed by atoms with van der Waals surface area (Å²) in [4.78, 5) is 9.60. The Kier molecular flexibility index (Phi) is 16.6. The summed E-state index contributed by atoms with van der Waals surface area (Å²) < 4.78 is 5.44. The average molecular weight is 284 g/mol. The minimum absolute atomic E-state index is 0.176. The average Bonchev–Trinajstić information content (AvgIpc) is 2.41. The summed E-state index contributed by atoms with van der Waals surface area (Å²) in [5, 5.41) is 7.89. The number of unbranched alkanes of at least 4 members (excludes halogenated alkanes) is 5. The van der Waals surface area contributed by atoms with E-state index >= 15 is 0 Å². The fourth-order valence-corrected chi connectivity index (χ4v) is 1.49. The van der Waals surface area contributed by atoms with Crippen LogP contribution in [0.3, 0.4) is 0 Å². The lowest BCUT2D eigenvalue weighted by molar-refractivity contribution is -0.132. The van der Waals surface area contributed by atoms with Crippen LogP contribution in [-0.2, 0) is 9.53 Å². The molecule has 1 N–H and O–H groups in total. The van der Waals surface area contributed by atoms with E-state index in [9.17, 15) is 4.79 Å². The highest BCUT2D eigenvalue weighted by molar-refractivity contribution is 5.84. The second kappa shape index (κ2) is 15.8. The second-order valence-corrected chi connectivity index (χ2v) is 5.06. The monoisotopic (exact) mass is 284 g/mol. The maximum absolute atomic E-state index is 9.60. The van der Waals surface area contributed by atoms with Crippen molar-refractivity contribution in [2.75, 3.05) is 0 Å². The van der Waals surface area contributed by atoms with E-state index in [1.165, 1.54) is 51.9 Å². The van der Waals surface area contributed by atoms with E-state index in [1.54, 1.807) is 6.26 Å². The van der Waals surface area contributed by atoms with Crippen LogP contribution in [0.25, 0.3) is 0 Å². The molecule has 0 rings (SSSR count). The van der Waals surface area contributed by atoms with Gasteiger partial charge in [-0.1, -0.05) is 51.7 Å². The normalized spacial score (nSPS) is 11.6. The molecule has 0 aromatic carbocycles. The van der Waals surface area contributed by atoms with Crippen molar-refractivity contribution in [3.8, 4) is 0 Å². The van der Waals surface area contributed by atoms with Gasteiger partial charge in [0.15, 0.2) is 0 Å². The fourth-order valence-electron chi connectivity index (χ4n) is 1.49. The zero-order chi connectivity index (χ0) is 15.8. The predicted octanol–water partition coefficient (Wildman–Crippen LogP) is 5.32. The number of carbonyl (C=O) groups is 1. The number of allylic oxidation sites excluding steroid dienone is 1. The molecule has 0 aliphatic heterocycles. The van der Waals surface area contributed by atoms with Gasteiger partial charge < -0.3 is 9.84 Å². The number of carboxylic acids is 1. The number of hydrogen-bond donors (Lipinski definition) is 1. The highest BCUT2D eigenvalue weighted by Crippen LogP contribution is 2.10. The first kappa shape index (κ1) is 21.1. The highest BCUT2D eigenvalue weighted by atomic mass is 16.5. The van der Waals surface area contributed by atoms with Crippen LogP contribution in [0.2, 0.25) is 0 Å². The summed E-state index contributed by atoms with van der Waals surface area (Å²) in [6, 6.07) is 0. The molecule has 0 aliphatic rings. The summed E-state index contributed by atoms with van der Waals surface area (Å²) in [6.07, 6.45) is 13.5. The van der Waals surface area contributed by atoms with Gasteiger partial charge in [-0.25, -0.2) is 4.79 Å². The van der Waals surface area contributed by atoms with Gasteiger partial charge in [0.25, 0.3) is 0 Å². The SMILES string of the molecule is C=C(C)C(=O)O.CC=COC(C)CCCCCCCC. The Morgan fingerprint density at radius 2 is 1.75 bits per heavy atom. The maximum atomic E-state index is 9.60. The maximum Gasteiger partial charge on any atom is 0.330 e. The molecule has 0 aromatic heterocycles.